The van der Waals surface area contributed by atoms with Crippen molar-refractivity contribution >= 4 is 22.7 Å². The van der Waals surface area contributed by atoms with E-state index in [1.807, 2.05) is 0 Å². The molecule has 0 bridgehead atoms. The molecule has 3 rings (SSSR count). The maximum Gasteiger partial charge on any atom is 0.339 e. The van der Waals surface area contributed by atoms with Gasteiger partial charge in [0.05, 0.1) is 17.3 Å². The van der Waals surface area contributed by atoms with E-state index in [0.717, 1.165) is 18.2 Å². The molecule has 1 fully saturated rings. The van der Waals surface area contributed by atoms with Crippen LogP contribution in [0.4, 0.5) is 5.69 Å². The Labute approximate surface area is 116 Å². The van der Waals surface area contributed by atoms with Crippen LogP contribution in [0.15, 0.2) is 12.4 Å². The second-order valence-corrected chi connectivity index (χ2v) is 5.75. The molecule has 20 heavy (non-hydrogen) atoms. The summed E-state index contributed by atoms with van der Waals surface area (Å²) in [6.07, 6.45) is 7.54. The molecule has 2 N–H and O–H groups in total. The van der Waals surface area contributed by atoms with Crippen LogP contribution in [-0.2, 0) is 7.05 Å². The predicted octanol–water partition coefficient (Wildman–Crippen LogP) is 2.41. The molecule has 6 nitrogen and oxygen atoms in total. The number of hydrogen-bond acceptors (Lipinski definition) is 4. The van der Waals surface area contributed by atoms with Crippen molar-refractivity contribution in [2.24, 2.45) is 7.05 Å². The van der Waals surface area contributed by atoms with Crippen molar-refractivity contribution < 1.29 is 9.90 Å². The minimum absolute atomic E-state index is 0.0473. The first-order chi connectivity index (χ1) is 9.50. The van der Waals surface area contributed by atoms with E-state index in [1.165, 1.54) is 19.0 Å². The van der Waals surface area contributed by atoms with Crippen molar-refractivity contribution in [3.05, 3.63) is 18.0 Å². The van der Waals surface area contributed by atoms with Crippen molar-refractivity contribution in [1.29, 1.82) is 0 Å². The average molecular weight is 274 g/mol. The van der Waals surface area contributed by atoms with Crippen LogP contribution in [-0.4, -0.2) is 31.4 Å². The Kier molecular flexibility index (Phi) is 2.88. The summed E-state index contributed by atoms with van der Waals surface area (Å²) in [5.41, 5.74) is 1.49. The molecule has 0 saturated heterocycles. The Hall–Kier alpha value is -2.11. The van der Waals surface area contributed by atoms with Crippen LogP contribution in [0.2, 0.25) is 0 Å². The van der Waals surface area contributed by atoms with Crippen LogP contribution in [0.5, 0.6) is 0 Å². The number of aryl methyl sites for hydroxylation is 1. The highest BCUT2D eigenvalue weighted by Gasteiger charge is 2.30. The molecule has 0 atom stereocenters. The number of nitrogens with zero attached hydrogens (tertiary/aromatic N) is 3. The summed E-state index contributed by atoms with van der Waals surface area (Å²) in [7, 11) is 1.80. The van der Waals surface area contributed by atoms with Gasteiger partial charge in [0.25, 0.3) is 0 Å². The van der Waals surface area contributed by atoms with Crippen molar-refractivity contribution in [1.82, 2.24) is 14.8 Å². The average Bonchev–Trinajstić information content (AvgIpc) is 2.97. The third kappa shape index (κ3) is 2.01. The summed E-state index contributed by atoms with van der Waals surface area (Å²) in [4.78, 5) is 15.6. The fourth-order valence-corrected chi connectivity index (χ4v) is 2.97. The molecule has 1 saturated carbocycles. The van der Waals surface area contributed by atoms with E-state index in [2.05, 4.69) is 22.3 Å². The fraction of sp³-hybridized carbons (Fsp3) is 0.500. The molecule has 0 aromatic carbocycles. The monoisotopic (exact) mass is 274 g/mol. The van der Waals surface area contributed by atoms with E-state index in [4.69, 9.17) is 0 Å². The zero-order chi connectivity index (χ0) is 14.3. The molecule has 2 aromatic rings. The number of hydrogen-bond donors (Lipinski definition) is 2. The number of rotatable bonds is 3. The number of pyridine rings is 1. The molecule has 6 heteroatoms. The maximum atomic E-state index is 11.4. The zero-order valence-corrected chi connectivity index (χ0v) is 11.7. The molecule has 0 spiro atoms. The van der Waals surface area contributed by atoms with Gasteiger partial charge in [-0.3, -0.25) is 4.68 Å². The largest absolute Gasteiger partial charge is 0.478 e. The van der Waals surface area contributed by atoms with Gasteiger partial charge in [-0.05, 0) is 19.8 Å². The highest BCUT2D eigenvalue weighted by Crippen LogP contribution is 2.36. The van der Waals surface area contributed by atoms with Gasteiger partial charge < -0.3 is 10.4 Å². The van der Waals surface area contributed by atoms with Gasteiger partial charge in [-0.25, -0.2) is 9.78 Å². The van der Waals surface area contributed by atoms with Crippen LogP contribution in [0.1, 0.15) is 43.0 Å². The lowest BCUT2D eigenvalue weighted by atomic mass is 9.99. The third-order valence-electron chi connectivity index (χ3n) is 4.13. The van der Waals surface area contributed by atoms with E-state index < -0.39 is 5.97 Å². The number of aromatic carboxylic acids is 1. The Morgan fingerprint density at radius 3 is 2.75 bits per heavy atom. The second kappa shape index (κ2) is 4.47. The number of fused-ring (bicyclic) bond motifs is 1. The van der Waals surface area contributed by atoms with Crippen LogP contribution >= 0.6 is 0 Å². The minimum Gasteiger partial charge on any atom is -0.478 e. The van der Waals surface area contributed by atoms with Crippen LogP contribution in [0.25, 0.3) is 11.0 Å². The van der Waals surface area contributed by atoms with Crippen LogP contribution in [0.3, 0.4) is 0 Å². The number of carboxylic acids is 1. The molecule has 0 unspecified atom stereocenters. The SMILES string of the molecule is Cn1ncc2c(NC3(C)CCCC3)c(C(=O)O)cnc21. The van der Waals surface area contributed by atoms with Gasteiger partial charge in [0.15, 0.2) is 5.65 Å². The lowest BCUT2D eigenvalue weighted by Gasteiger charge is -2.27. The number of aromatic nitrogens is 3. The summed E-state index contributed by atoms with van der Waals surface area (Å²) in [5, 5.41) is 17.8. The Balaban J connectivity index is 2.14. The summed E-state index contributed by atoms with van der Waals surface area (Å²) in [6, 6.07) is 0. The van der Waals surface area contributed by atoms with Crippen molar-refractivity contribution in [3.8, 4) is 0 Å². The molecule has 2 heterocycles. The molecule has 0 amide bonds. The van der Waals surface area contributed by atoms with Gasteiger partial charge >= 0.3 is 5.97 Å². The number of carboxylic acid groups (broad SMARTS) is 1. The van der Waals surface area contributed by atoms with Crippen molar-refractivity contribution in [3.63, 3.8) is 0 Å². The highest BCUT2D eigenvalue weighted by molar-refractivity contribution is 6.03. The number of nitrogens with one attached hydrogen (secondary N) is 1. The predicted molar refractivity (Wildman–Crippen MR) is 76.0 cm³/mol. The zero-order valence-electron chi connectivity index (χ0n) is 11.7. The van der Waals surface area contributed by atoms with Gasteiger partial charge in [0.1, 0.15) is 5.56 Å². The lowest BCUT2D eigenvalue weighted by Crippen LogP contribution is -2.31. The third-order valence-corrected chi connectivity index (χ3v) is 4.13. The van der Waals surface area contributed by atoms with E-state index in [0.29, 0.717) is 11.3 Å². The lowest BCUT2D eigenvalue weighted by molar-refractivity contribution is 0.0697. The molecule has 0 aliphatic heterocycles. The molecule has 0 radical (unpaired) electrons. The van der Waals surface area contributed by atoms with E-state index in [1.54, 1.807) is 17.9 Å². The van der Waals surface area contributed by atoms with Crippen molar-refractivity contribution in [2.45, 2.75) is 38.1 Å². The fourth-order valence-electron chi connectivity index (χ4n) is 2.97. The first-order valence-corrected chi connectivity index (χ1v) is 6.82. The van der Waals surface area contributed by atoms with Crippen molar-refractivity contribution in [2.75, 3.05) is 5.32 Å². The van der Waals surface area contributed by atoms with Gasteiger partial charge in [0.2, 0.25) is 0 Å². The Morgan fingerprint density at radius 1 is 1.40 bits per heavy atom. The van der Waals surface area contributed by atoms with E-state index in [-0.39, 0.29) is 11.1 Å². The minimum atomic E-state index is -0.965. The highest BCUT2D eigenvalue weighted by atomic mass is 16.4. The van der Waals surface area contributed by atoms with E-state index >= 15 is 0 Å². The molecule has 1 aliphatic carbocycles. The molecule has 2 aromatic heterocycles. The van der Waals surface area contributed by atoms with Gasteiger partial charge in [-0.2, -0.15) is 5.10 Å². The van der Waals surface area contributed by atoms with Gasteiger partial charge in [0, 0.05) is 18.8 Å². The second-order valence-electron chi connectivity index (χ2n) is 5.75. The quantitative estimate of drug-likeness (QED) is 0.898. The number of anilines is 1. The molecular formula is C14H18N4O2. The number of carbonyl (C=O) groups is 1. The molecule has 1 aliphatic rings. The summed E-state index contributed by atoms with van der Waals surface area (Å²) < 4.78 is 1.66. The summed E-state index contributed by atoms with van der Waals surface area (Å²) >= 11 is 0. The van der Waals surface area contributed by atoms with E-state index in [9.17, 15) is 9.90 Å². The van der Waals surface area contributed by atoms with Gasteiger partial charge in [-0.15, -0.1) is 0 Å². The molecule has 106 valence electrons. The van der Waals surface area contributed by atoms with Crippen LogP contribution < -0.4 is 5.32 Å². The summed E-state index contributed by atoms with van der Waals surface area (Å²) in [6.45, 7) is 2.15. The van der Waals surface area contributed by atoms with Crippen LogP contribution in [0, 0.1) is 0 Å². The van der Waals surface area contributed by atoms with Gasteiger partial charge in [-0.1, -0.05) is 12.8 Å². The smallest absolute Gasteiger partial charge is 0.339 e. The standard InChI is InChI=1S/C14H18N4O2/c1-14(5-3-4-6-14)17-11-9-8-16-18(2)12(9)15-7-10(11)13(19)20/h7-8H,3-6H2,1-2H3,(H,15,17)(H,19,20). The summed E-state index contributed by atoms with van der Waals surface area (Å²) in [5.74, 6) is -0.965. The first-order valence-electron chi connectivity index (χ1n) is 6.82. The Bertz CT molecular complexity index is 671. The first kappa shape index (κ1) is 12.9. The maximum absolute atomic E-state index is 11.4. The topological polar surface area (TPSA) is 80.0 Å². The normalized spacial score (nSPS) is 17.5. The Morgan fingerprint density at radius 2 is 2.10 bits per heavy atom. The molecular weight excluding hydrogens is 256 g/mol.